The molecule has 1 aromatic carbocycles. The van der Waals surface area contributed by atoms with Crippen LogP contribution in [0.3, 0.4) is 0 Å². The fraction of sp³-hybridized carbons (Fsp3) is 0.625. The van der Waals surface area contributed by atoms with Crippen LogP contribution in [0.1, 0.15) is 26.2 Å². The Morgan fingerprint density at radius 3 is 2.31 bits per heavy atom. The summed E-state index contributed by atoms with van der Waals surface area (Å²) in [4.78, 5) is 0.135. The maximum atomic E-state index is 12.7. The summed E-state index contributed by atoms with van der Waals surface area (Å²) >= 11 is 0. The minimum Gasteiger partial charge on any atom is -0.317 e. The third-order valence-electron chi connectivity index (χ3n) is 4.22. The molecule has 1 aliphatic rings. The molecule has 1 fully saturated rings. The number of halogens is 1. The van der Waals surface area contributed by atoms with Crippen molar-refractivity contribution in [2.75, 3.05) is 31.9 Å². The number of nitrogens with one attached hydrogen (secondary N) is 2. The number of benzene rings is 1. The van der Waals surface area contributed by atoms with Gasteiger partial charge in [-0.25, -0.2) is 21.6 Å². The molecule has 0 aromatic heterocycles. The largest absolute Gasteiger partial charge is 0.317 e. The molecule has 150 valence electrons. The van der Waals surface area contributed by atoms with Gasteiger partial charge in [0.15, 0.2) is 0 Å². The molecule has 0 unspecified atom stereocenters. The van der Waals surface area contributed by atoms with Crippen LogP contribution >= 0.6 is 12.4 Å². The first-order valence-electron chi connectivity index (χ1n) is 8.62. The summed E-state index contributed by atoms with van der Waals surface area (Å²) in [5, 5.41) is 3.23. The summed E-state index contributed by atoms with van der Waals surface area (Å²) in [5.74, 6) is -0.233. The van der Waals surface area contributed by atoms with E-state index in [1.54, 1.807) is 22.5 Å². The quantitative estimate of drug-likeness (QED) is 0.619. The molecule has 1 heterocycles. The molecule has 0 bridgehead atoms. The van der Waals surface area contributed by atoms with Crippen molar-refractivity contribution >= 4 is 32.5 Å². The molecule has 26 heavy (non-hydrogen) atoms. The summed E-state index contributed by atoms with van der Waals surface area (Å²) in [7, 11) is -7.20. The monoisotopic (exact) mass is 425 g/mol. The van der Waals surface area contributed by atoms with Crippen LogP contribution in [0.25, 0.3) is 0 Å². The Morgan fingerprint density at radius 2 is 1.73 bits per heavy atom. The van der Waals surface area contributed by atoms with Crippen molar-refractivity contribution in [2.45, 2.75) is 37.1 Å². The van der Waals surface area contributed by atoms with E-state index in [-0.39, 0.29) is 35.6 Å². The van der Waals surface area contributed by atoms with Gasteiger partial charge in [0.05, 0.1) is 10.6 Å². The molecule has 1 saturated heterocycles. The molecule has 0 amide bonds. The lowest BCUT2D eigenvalue weighted by Crippen LogP contribution is -2.48. The highest BCUT2D eigenvalue weighted by atomic mass is 35.5. The van der Waals surface area contributed by atoms with Crippen molar-refractivity contribution in [2.24, 2.45) is 0 Å². The summed E-state index contributed by atoms with van der Waals surface area (Å²) in [6.45, 7) is 3.90. The van der Waals surface area contributed by atoms with Gasteiger partial charge in [-0.05, 0) is 44.5 Å². The lowest BCUT2D eigenvalue weighted by atomic mass is 10.1. The van der Waals surface area contributed by atoms with E-state index in [0.717, 1.165) is 32.4 Å². The lowest BCUT2D eigenvalue weighted by Gasteiger charge is -2.33. The number of rotatable bonds is 9. The third-order valence-corrected chi connectivity index (χ3v) is 7.62. The van der Waals surface area contributed by atoms with Crippen LogP contribution in [-0.2, 0) is 20.0 Å². The van der Waals surface area contributed by atoms with E-state index in [0.29, 0.717) is 6.54 Å². The number of piperidine rings is 1. The maximum absolute atomic E-state index is 12.7. The van der Waals surface area contributed by atoms with Crippen LogP contribution in [-0.4, -0.2) is 59.1 Å². The summed E-state index contributed by atoms with van der Waals surface area (Å²) in [5.41, 5.74) is 0. The predicted octanol–water partition coefficient (Wildman–Crippen LogP) is 1.18. The summed E-state index contributed by atoms with van der Waals surface area (Å²) in [6, 6.07) is 7.95. The Hall–Kier alpha value is -0.710. The van der Waals surface area contributed by atoms with Crippen LogP contribution in [0, 0.1) is 0 Å². The van der Waals surface area contributed by atoms with Crippen LogP contribution in [0.4, 0.5) is 0 Å². The van der Waals surface area contributed by atoms with Crippen molar-refractivity contribution in [1.29, 1.82) is 0 Å². The molecule has 0 aliphatic carbocycles. The highest BCUT2D eigenvalue weighted by Crippen LogP contribution is 2.17. The molecule has 0 saturated carbocycles. The molecule has 10 heteroatoms. The van der Waals surface area contributed by atoms with Gasteiger partial charge < -0.3 is 5.32 Å². The highest BCUT2D eigenvalue weighted by molar-refractivity contribution is 7.90. The lowest BCUT2D eigenvalue weighted by molar-refractivity contribution is 0.262. The zero-order valence-corrected chi connectivity index (χ0v) is 17.4. The fourth-order valence-electron chi connectivity index (χ4n) is 2.97. The number of hydrogen-bond donors (Lipinski definition) is 2. The Labute approximate surface area is 163 Å². The maximum Gasteiger partial charge on any atom is 0.240 e. The first-order chi connectivity index (χ1) is 11.9. The molecule has 0 radical (unpaired) electrons. The molecular weight excluding hydrogens is 398 g/mol. The fourth-order valence-corrected chi connectivity index (χ4v) is 5.87. The van der Waals surface area contributed by atoms with Gasteiger partial charge in [-0.15, -0.1) is 12.4 Å². The van der Waals surface area contributed by atoms with E-state index in [4.69, 9.17) is 0 Å². The van der Waals surface area contributed by atoms with Crippen molar-refractivity contribution in [3.63, 3.8) is 0 Å². The van der Waals surface area contributed by atoms with E-state index >= 15 is 0 Å². The van der Waals surface area contributed by atoms with Gasteiger partial charge in [-0.3, -0.25) is 0 Å². The molecule has 1 aromatic rings. The highest BCUT2D eigenvalue weighted by Gasteiger charge is 2.30. The predicted molar refractivity (Wildman–Crippen MR) is 106 cm³/mol. The zero-order chi connectivity index (χ0) is 18.3. The zero-order valence-electron chi connectivity index (χ0n) is 14.9. The second kappa shape index (κ2) is 10.6. The molecule has 0 atom stereocenters. The van der Waals surface area contributed by atoms with E-state index in [1.165, 1.54) is 12.1 Å². The topological polar surface area (TPSA) is 95.6 Å². The molecule has 7 nitrogen and oxygen atoms in total. The van der Waals surface area contributed by atoms with E-state index in [1.807, 2.05) is 6.92 Å². The van der Waals surface area contributed by atoms with Crippen LogP contribution in [0.5, 0.6) is 0 Å². The van der Waals surface area contributed by atoms with E-state index in [9.17, 15) is 16.8 Å². The SMILES string of the molecule is CCCN(C1CCNCC1)S(=O)(=O)CCNS(=O)(=O)c1ccccc1.Cl. The van der Waals surface area contributed by atoms with Gasteiger partial charge in [-0.1, -0.05) is 25.1 Å². The Balaban J connectivity index is 0.00000338. The first kappa shape index (κ1) is 23.3. The van der Waals surface area contributed by atoms with E-state index < -0.39 is 20.0 Å². The molecule has 0 spiro atoms. The number of sulfonamides is 2. The normalized spacial score (nSPS) is 16.4. The molecular formula is C16H28ClN3O4S2. The second-order valence-corrected chi connectivity index (χ2v) is 9.93. The average Bonchev–Trinajstić information content (AvgIpc) is 2.60. The Bertz CT molecular complexity index is 736. The van der Waals surface area contributed by atoms with Crippen molar-refractivity contribution in [3.8, 4) is 0 Å². The van der Waals surface area contributed by atoms with Gasteiger partial charge in [-0.2, -0.15) is 4.31 Å². The average molecular weight is 426 g/mol. The van der Waals surface area contributed by atoms with Crippen LogP contribution in [0.15, 0.2) is 35.2 Å². The molecule has 2 rings (SSSR count). The van der Waals surface area contributed by atoms with Gasteiger partial charge in [0.25, 0.3) is 0 Å². The number of nitrogens with zero attached hydrogens (tertiary/aromatic N) is 1. The number of hydrogen-bond acceptors (Lipinski definition) is 5. The van der Waals surface area contributed by atoms with E-state index in [2.05, 4.69) is 10.0 Å². The molecule has 2 N–H and O–H groups in total. The first-order valence-corrected chi connectivity index (χ1v) is 11.7. The van der Waals surface area contributed by atoms with Crippen molar-refractivity contribution in [3.05, 3.63) is 30.3 Å². The van der Waals surface area contributed by atoms with Crippen LogP contribution < -0.4 is 10.0 Å². The Kier molecular flexibility index (Phi) is 9.49. The van der Waals surface area contributed by atoms with Gasteiger partial charge in [0, 0.05) is 19.1 Å². The van der Waals surface area contributed by atoms with Crippen LogP contribution in [0.2, 0.25) is 0 Å². The van der Waals surface area contributed by atoms with Gasteiger partial charge in [0.1, 0.15) is 0 Å². The minimum absolute atomic E-state index is 0. The van der Waals surface area contributed by atoms with Crippen molar-refractivity contribution < 1.29 is 16.8 Å². The smallest absolute Gasteiger partial charge is 0.240 e. The van der Waals surface area contributed by atoms with Gasteiger partial charge >= 0.3 is 0 Å². The summed E-state index contributed by atoms with van der Waals surface area (Å²) in [6.07, 6.45) is 2.31. The molecule has 1 aliphatic heterocycles. The Morgan fingerprint density at radius 1 is 1.12 bits per heavy atom. The standard InChI is InChI=1S/C16H27N3O4S2.ClH/c1-2-13-19(15-8-10-17-11-9-15)24(20,21)14-12-18-25(22,23)16-6-4-3-5-7-16;/h3-7,15,17-18H,2,8-14H2,1H3;1H. The van der Waals surface area contributed by atoms with Gasteiger partial charge in [0.2, 0.25) is 20.0 Å². The van der Waals surface area contributed by atoms with Crippen molar-refractivity contribution in [1.82, 2.24) is 14.3 Å². The second-order valence-electron chi connectivity index (χ2n) is 6.12. The summed E-state index contributed by atoms with van der Waals surface area (Å²) < 4.78 is 53.7. The third kappa shape index (κ3) is 6.47. The minimum atomic E-state index is -3.69.